The Morgan fingerprint density at radius 1 is 1.27 bits per heavy atom. The number of aromatic hydroxyl groups is 1. The highest BCUT2D eigenvalue weighted by Gasteiger charge is 2.46. The van der Waals surface area contributed by atoms with E-state index in [0.29, 0.717) is 17.5 Å². The Bertz CT molecular complexity index is 866. The molecule has 0 saturated heterocycles. The molecule has 0 aromatic heterocycles. The van der Waals surface area contributed by atoms with Gasteiger partial charge in [-0.1, -0.05) is 31.4 Å². The van der Waals surface area contributed by atoms with Crippen molar-refractivity contribution in [1.82, 2.24) is 4.90 Å². The molecule has 1 N–H and O–H groups in total. The standard InChI is InChI=1S/C26H37NO3/c1-6-7-8-9-17-15-21-23(24(28)22(17)25(29)27(5)18-11-12-18)19-14-16(2)10-13-20(19)26(3,4)30-21/h14-15,18-20,28H,6-13H2,1-5H3. The number of phenolic OH excluding ortho intramolecular Hbond substituents is 1. The number of unbranched alkanes of at least 4 members (excludes halogenated alkanes) is 2. The summed E-state index contributed by atoms with van der Waals surface area (Å²) in [7, 11) is 1.88. The fraction of sp³-hybridized carbons (Fsp3) is 0.654. The molecule has 4 rings (SSSR count). The van der Waals surface area contributed by atoms with Crippen molar-refractivity contribution in [1.29, 1.82) is 0 Å². The van der Waals surface area contributed by atoms with Gasteiger partial charge in [0.05, 0.1) is 5.56 Å². The number of carbonyl (C=O) groups is 1. The van der Waals surface area contributed by atoms with Crippen molar-refractivity contribution >= 4 is 5.91 Å². The Morgan fingerprint density at radius 3 is 2.67 bits per heavy atom. The van der Waals surface area contributed by atoms with E-state index in [1.807, 2.05) is 11.9 Å². The van der Waals surface area contributed by atoms with Crippen LogP contribution in [0.1, 0.15) is 100 Å². The Labute approximate surface area is 181 Å². The van der Waals surface area contributed by atoms with Crippen LogP contribution in [0.5, 0.6) is 11.5 Å². The normalized spacial score (nSPS) is 24.4. The number of amides is 1. The fourth-order valence-electron chi connectivity index (χ4n) is 5.42. The van der Waals surface area contributed by atoms with Gasteiger partial charge in [0.2, 0.25) is 0 Å². The summed E-state index contributed by atoms with van der Waals surface area (Å²) >= 11 is 0. The van der Waals surface area contributed by atoms with E-state index in [0.717, 1.165) is 68.2 Å². The van der Waals surface area contributed by atoms with Crippen LogP contribution < -0.4 is 4.74 Å². The van der Waals surface area contributed by atoms with Gasteiger partial charge >= 0.3 is 0 Å². The second-order valence-electron chi connectivity index (χ2n) is 10.2. The summed E-state index contributed by atoms with van der Waals surface area (Å²) in [5, 5.41) is 11.5. The lowest BCUT2D eigenvalue weighted by Gasteiger charge is -2.46. The molecule has 0 spiro atoms. The molecule has 2 aliphatic carbocycles. The number of hydrogen-bond acceptors (Lipinski definition) is 3. The van der Waals surface area contributed by atoms with Crippen LogP contribution in [0.25, 0.3) is 0 Å². The van der Waals surface area contributed by atoms with Crippen LogP contribution in [0.15, 0.2) is 17.7 Å². The van der Waals surface area contributed by atoms with Crippen molar-refractivity contribution in [3.05, 3.63) is 34.4 Å². The monoisotopic (exact) mass is 411 g/mol. The van der Waals surface area contributed by atoms with E-state index in [1.54, 1.807) is 0 Å². The van der Waals surface area contributed by atoms with Crippen molar-refractivity contribution in [3.8, 4) is 11.5 Å². The van der Waals surface area contributed by atoms with Gasteiger partial charge in [0.15, 0.2) is 0 Å². The Kier molecular flexibility index (Phi) is 5.63. The quantitative estimate of drug-likeness (QED) is 0.463. The molecule has 4 nitrogen and oxygen atoms in total. The lowest BCUT2D eigenvalue weighted by molar-refractivity contribution is 0.0106. The van der Waals surface area contributed by atoms with Crippen molar-refractivity contribution in [2.24, 2.45) is 5.92 Å². The zero-order valence-electron chi connectivity index (χ0n) is 19.3. The molecule has 1 heterocycles. The molecule has 1 fully saturated rings. The molecular weight excluding hydrogens is 374 g/mol. The first kappa shape index (κ1) is 21.3. The maximum absolute atomic E-state index is 13.4. The number of fused-ring (bicyclic) bond motifs is 3. The largest absolute Gasteiger partial charge is 0.507 e. The number of aryl methyl sites for hydroxylation is 1. The molecule has 0 radical (unpaired) electrons. The minimum atomic E-state index is -0.293. The van der Waals surface area contributed by atoms with Crippen LogP contribution in [-0.2, 0) is 6.42 Å². The van der Waals surface area contributed by atoms with Gasteiger partial charge in [-0.05, 0) is 70.9 Å². The van der Waals surface area contributed by atoms with Gasteiger partial charge in [-0.25, -0.2) is 0 Å². The van der Waals surface area contributed by atoms with Crippen molar-refractivity contribution in [3.63, 3.8) is 0 Å². The summed E-state index contributed by atoms with van der Waals surface area (Å²) in [5.41, 5.74) is 3.33. The molecule has 4 heteroatoms. The van der Waals surface area contributed by atoms with Crippen LogP contribution in [0.2, 0.25) is 0 Å². The third-order valence-electron chi connectivity index (χ3n) is 7.41. The highest BCUT2D eigenvalue weighted by atomic mass is 16.5. The second kappa shape index (κ2) is 7.94. The van der Waals surface area contributed by atoms with Gasteiger partial charge in [-0.3, -0.25) is 4.79 Å². The topological polar surface area (TPSA) is 49.8 Å². The first-order valence-corrected chi connectivity index (χ1v) is 11.8. The van der Waals surface area contributed by atoms with Gasteiger partial charge in [0.1, 0.15) is 17.1 Å². The summed E-state index contributed by atoms with van der Waals surface area (Å²) in [5.74, 6) is 1.28. The van der Waals surface area contributed by atoms with E-state index in [-0.39, 0.29) is 23.2 Å². The first-order chi connectivity index (χ1) is 14.2. The van der Waals surface area contributed by atoms with Gasteiger partial charge in [-0.15, -0.1) is 0 Å². The number of carbonyl (C=O) groups excluding carboxylic acids is 1. The summed E-state index contributed by atoms with van der Waals surface area (Å²) in [6, 6.07) is 2.38. The smallest absolute Gasteiger partial charge is 0.257 e. The molecule has 1 saturated carbocycles. The SMILES string of the molecule is CCCCCc1cc2c(c(O)c1C(=O)N(C)C1CC1)C1C=C(C)CCC1C(C)(C)O2. The number of benzene rings is 1. The predicted octanol–water partition coefficient (Wildman–Crippen LogP) is 5.97. The predicted molar refractivity (Wildman–Crippen MR) is 120 cm³/mol. The highest BCUT2D eigenvalue weighted by molar-refractivity contribution is 5.99. The maximum Gasteiger partial charge on any atom is 0.257 e. The van der Waals surface area contributed by atoms with E-state index in [2.05, 4.69) is 39.8 Å². The summed E-state index contributed by atoms with van der Waals surface area (Å²) in [6.07, 6.45) is 10.6. The summed E-state index contributed by atoms with van der Waals surface area (Å²) in [4.78, 5) is 15.3. The number of nitrogens with zero attached hydrogens (tertiary/aromatic N) is 1. The number of phenols is 1. The van der Waals surface area contributed by atoms with Crippen molar-refractivity contribution < 1.29 is 14.6 Å². The van der Waals surface area contributed by atoms with E-state index in [9.17, 15) is 9.90 Å². The lowest BCUT2D eigenvalue weighted by Crippen LogP contribution is -2.45. The van der Waals surface area contributed by atoms with Gasteiger partial charge in [0.25, 0.3) is 5.91 Å². The molecule has 1 aliphatic heterocycles. The van der Waals surface area contributed by atoms with Crippen molar-refractivity contribution in [2.45, 2.75) is 96.6 Å². The molecular formula is C26H37NO3. The van der Waals surface area contributed by atoms with Crippen LogP contribution in [-0.4, -0.2) is 34.6 Å². The molecule has 0 bridgehead atoms. The molecule has 2 atom stereocenters. The Morgan fingerprint density at radius 2 is 2.00 bits per heavy atom. The van der Waals surface area contributed by atoms with E-state index in [1.165, 1.54) is 5.57 Å². The molecule has 1 aromatic rings. The van der Waals surface area contributed by atoms with Crippen molar-refractivity contribution in [2.75, 3.05) is 7.05 Å². The minimum absolute atomic E-state index is 0.0396. The minimum Gasteiger partial charge on any atom is -0.507 e. The third kappa shape index (κ3) is 3.74. The van der Waals surface area contributed by atoms with Crippen LogP contribution in [0.4, 0.5) is 0 Å². The molecule has 2 unspecified atom stereocenters. The average molecular weight is 412 g/mol. The fourth-order valence-corrected chi connectivity index (χ4v) is 5.42. The van der Waals surface area contributed by atoms with Gasteiger partial charge in [0, 0.05) is 30.5 Å². The molecule has 30 heavy (non-hydrogen) atoms. The lowest BCUT2D eigenvalue weighted by atomic mass is 9.67. The zero-order valence-corrected chi connectivity index (χ0v) is 19.3. The molecule has 164 valence electrons. The zero-order chi connectivity index (χ0) is 21.6. The molecule has 1 amide bonds. The second-order valence-corrected chi connectivity index (χ2v) is 10.2. The van der Waals surface area contributed by atoms with Gasteiger partial charge < -0.3 is 14.7 Å². The Hall–Kier alpha value is -1.97. The van der Waals surface area contributed by atoms with E-state index >= 15 is 0 Å². The third-order valence-corrected chi connectivity index (χ3v) is 7.41. The first-order valence-electron chi connectivity index (χ1n) is 11.8. The number of rotatable bonds is 6. The van der Waals surface area contributed by atoms with E-state index < -0.39 is 0 Å². The summed E-state index contributed by atoms with van der Waals surface area (Å²) < 4.78 is 6.49. The van der Waals surface area contributed by atoms with Crippen LogP contribution in [0, 0.1) is 5.92 Å². The maximum atomic E-state index is 13.4. The molecule has 3 aliphatic rings. The highest BCUT2D eigenvalue weighted by Crippen LogP contribution is 2.54. The van der Waals surface area contributed by atoms with Gasteiger partial charge in [-0.2, -0.15) is 0 Å². The molecule has 1 aromatic carbocycles. The number of hydrogen-bond donors (Lipinski definition) is 1. The van der Waals surface area contributed by atoms with E-state index in [4.69, 9.17) is 4.74 Å². The average Bonchev–Trinajstić information content (AvgIpc) is 3.51. The van der Waals surface area contributed by atoms with Crippen LogP contribution in [0.3, 0.4) is 0 Å². The Balaban J connectivity index is 1.84. The van der Waals surface area contributed by atoms with Crippen LogP contribution >= 0.6 is 0 Å². The number of allylic oxidation sites excluding steroid dienone is 2. The summed E-state index contributed by atoms with van der Waals surface area (Å²) in [6.45, 7) is 8.67. The number of ether oxygens (including phenoxy) is 1.